The van der Waals surface area contributed by atoms with Crippen LogP contribution in [-0.2, 0) is 9.59 Å². The molecule has 0 atom stereocenters. The highest BCUT2D eigenvalue weighted by Crippen LogP contribution is 2.27. The molecule has 0 spiro atoms. The number of hydrogen-bond acceptors (Lipinski definition) is 6. The zero-order chi connectivity index (χ0) is 23.8. The Morgan fingerprint density at radius 2 is 1.67 bits per heavy atom. The zero-order valence-electron chi connectivity index (χ0n) is 17.8. The Morgan fingerprint density at radius 1 is 0.939 bits per heavy atom. The first kappa shape index (κ1) is 23.5. The van der Waals surface area contributed by atoms with Gasteiger partial charge in [0.15, 0.2) is 0 Å². The molecule has 3 rings (SSSR count). The van der Waals surface area contributed by atoms with E-state index in [2.05, 4.69) is 15.8 Å². The highest BCUT2D eigenvalue weighted by atomic mass is 35.5. The van der Waals surface area contributed by atoms with Crippen LogP contribution < -0.4 is 20.2 Å². The van der Waals surface area contributed by atoms with Crippen molar-refractivity contribution in [1.82, 2.24) is 5.43 Å². The summed E-state index contributed by atoms with van der Waals surface area (Å²) >= 11 is 5.92. The van der Waals surface area contributed by atoms with Gasteiger partial charge in [-0.05, 0) is 49.4 Å². The number of benzene rings is 3. The number of halogens is 1. The van der Waals surface area contributed by atoms with Crippen LogP contribution in [-0.4, -0.2) is 31.1 Å². The fourth-order valence-corrected chi connectivity index (χ4v) is 2.87. The molecule has 0 aromatic heterocycles. The van der Waals surface area contributed by atoms with E-state index in [-0.39, 0.29) is 11.4 Å². The van der Waals surface area contributed by atoms with Crippen molar-refractivity contribution < 1.29 is 23.9 Å². The van der Waals surface area contributed by atoms with Crippen LogP contribution in [0.4, 0.5) is 5.69 Å². The predicted molar refractivity (Wildman–Crippen MR) is 125 cm³/mol. The quantitative estimate of drug-likeness (QED) is 0.188. The van der Waals surface area contributed by atoms with E-state index in [9.17, 15) is 14.4 Å². The van der Waals surface area contributed by atoms with Gasteiger partial charge in [0.05, 0.1) is 24.6 Å². The Balaban J connectivity index is 1.64. The van der Waals surface area contributed by atoms with E-state index < -0.39 is 17.8 Å². The van der Waals surface area contributed by atoms with E-state index in [1.807, 2.05) is 19.1 Å². The molecule has 0 saturated heterocycles. The van der Waals surface area contributed by atoms with Crippen LogP contribution in [0, 0.1) is 6.92 Å². The average Bonchev–Trinajstić information content (AvgIpc) is 2.80. The third-order valence-electron chi connectivity index (χ3n) is 4.39. The number of nitrogens with zero attached hydrogens (tertiary/aromatic N) is 1. The number of nitrogens with one attached hydrogen (secondary N) is 2. The monoisotopic (exact) mass is 465 g/mol. The molecule has 2 amide bonds. The zero-order valence-corrected chi connectivity index (χ0v) is 18.6. The number of para-hydroxylation sites is 1. The van der Waals surface area contributed by atoms with Crippen molar-refractivity contribution in [3.8, 4) is 11.5 Å². The molecule has 0 bridgehead atoms. The molecule has 0 aliphatic carbocycles. The van der Waals surface area contributed by atoms with E-state index in [0.29, 0.717) is 21.9 Å². The molecule has 0 saturated carbocycles. The molecule has 0 aliphatic rings. The second-order valence-corrected chi connectivity index (χ2v) is 7.23. The second-order valence-electron chi connectivity index (χ2n) is 6.79. The maximum Gasteiger partial charge on any atom is 0.343 e. The van der Waals surface area contributed by atoms with Crippen molar-refractivity contribution in [2.75, 3.05) is 12.4 Å². The normalized spacial score (nSPS) is 10.5. The van der Waals surface area contributed by atoms with Gasteiger partial charge in [-0.25, -0.2) is 10.2 Å². The van der Waals surface area contributed by atoms with Crippen molar-refractivity contribution >= 4 is 41.3 Å². The molecule has 2 N–H and O–H groups in total. The number of aryl methyl sites for hydroxylation is 1. The van der Waals surface area contributed by atoms with Gasteiger partial charge in [0, 0.05) is 10.6 Å². The fraction of sp³-hybridized carbons (Fsp3) is 0.0833. The lowest BCUT2D eigenvalue weighted by molar-refractivity contribution is -0.136. The number of hydrogen-bond donors (Lipinski definition) is 2. The Bertz CT molecular complexity index is 1210. The van der Waals surface area contributed by atoms with Gasteiger partial charge in [-0.2, -0.15) is 5.10 Å². The van der Waals surface area contributed by atoms with Crippen LogP contribution in [0.15, 0.2) is 71.8 Å². The topological polar surface area (TPSA) is 106 Å². The van der Waals surface area contributed by atoms with Crippen LogP contribution in [0.5, 0.6) is 11.5 Å². The number of rotatable bonds is 6. The Labute approximate surface area is 195 Å². The Morgan fingerprint density at radius 3 is 2.39 bits per heavy atom. The van der Waals surface area contributed by atoms with E-state index in [1.54, 1.807) is 48.5 Å². The number of esters is 1. The van der Waals surface area contributed by atoms with Crippen molar-refractivity contribution in [3.63, 3.8) is 0 Å². The average molecular weight is 466 g/mol. The summed E-state index contributed by atoms with van der Waals surface area (Å²) in [5.41, 5.74) is 4.21. The van der Waals surface area contributed by atoms with E-state index in [0.717, 1.165) is 5.56 Å². The standard InChI is InChI=1S/C24H20ClN3O5/c1-15-7-9-16(10-8-15)24(31)33-20-6-4-3-5-17(20)14-26-28-23(30)22(29)27-19-13-18(25)11-12-21(19)32-2/h3-14H,1-2H3,(H,27,29)(H,28,30)/b26-14+. The number of carbonyl (C=O) groups excluding carboxylic acids is 3. The summed E-state index contributed by atoms with van der Waals surface area (Å²) in [6.45, 7) is 1.92. The van der Waals surface area contributed by atoms with E-state index >= 15 is 0 Å². The highest BCUT2D eigenvalue weighted by molar-refractivity contribution is 6.40. The molecular weight excluding hydrogens is 446 g/mol. The molecule has 0 heterocycles. The third-order valence-corrected chi connectivity index (χ3v) is 4.63. The molecule has 0 unspecified atom stereocenters. The molecule has 0 fully saturated rings. The van der Waals surface area contributed by atoms with Gasteiger partial charge in [0.25, 0.3) is 0 Å². The molecule has 33 heavy (non-hydrogen) atoms. The molecule has 3 aromatic carbocycles. The van der Waals surface area contributed by atoms with Crippen LogP contribution in [0.2, 0.25) is 5.02 Å². The number of anilines is 1. The first-order chi connectivity index (χ1) is 15.9. The molecule has 0 aliphatic heterocycles. The van der Waals surface area contributed by atoms with Crippen molar-refractivity contribution in [3.05, 3.63) is 88.4 Å². The Kier molecular flexibility index (Phi) is 7.77. The van der Waals surface area contributed by atoms with E-state index in [1.165, 1.54) is 19.4 Å². The molecule has 168 valence electrons. The van der Waals surface area contributed by atoms with Gasteiger partial charge in [0.2, 0.25) is 0 Å². The molecular formula is C24H20ClN3O5. The van der Waals surface area contributed by atoms with Crippen LogP contribution in [0.1, 0.15) is 21.5 Å². The maximum atomic E-state index is 12.4. The summed E-state index contributed by atoms with van der Waals surface area (Å²) in [5.74, 6) is -1.92. The molecule has 8 nitrogen and oxygen atoms in total. The molecule has 3 aromatic rings. The number of amides is 2. The number of ether oxygens (including phenoxy) is 2. The molecule has 0 radical (unpaired) electrons. The van der Waals surface area contributed by atoms with Crippen molar-refractivity contribution in [2.24, 2.45) is 5.10 Å². The minimum absolute atomic E-state index is 0.238. The van der Waals surface area contributed by atoms with Gasteiger partial charge >= 0.3 is 17.8 Å². The summed E-state index contributed by atoms with van der Waals surface area (Å²) < 4.78 is 10.6. The lowest BCUT2D eigenvalue weighted by atomic mass is 10.1. The van der Waals surface area contributed by atoms with Crippen LogP contribution >= 0.6 is 11.6 Å². The van der Waals surface area contributed by atoms with Crippen LogP contribution in [0.25, 0.3) is 0 Å². The fourth-order valence-electron chi connectivity index (χ4n) is 2.70. The number of hydrazone groups is 1. The minimum Gasteiger partial charge on any atom is -0.495 e. The smallest absolute Gasteiger partial charge is 0.343 e. The summed E-state index contributed by atoms with van der Waals surface area (Å²) in [6, 6.07) is 18.2. The number of carbonyl (C=O) groups is 3. The largest absolute Gasteiger partial charge is 0.495 e. The Hall–Kier alpha value is -4.17. The van der Waals surface area contributed by atoms with E-state index in [4.69, 9.17) is 21.1 Å². The first-order valence-electron chi connectivity index (χ1n) is 9.73. The summed E-state index contributed by atoms with van der Waals surface area (Å²) in [6.07, 6.45) is 1.27. The summed E-state index contributed by atoms with van der Waals surface area (Å²) in [7, 11) is 1.42. The predicted octanol–water partition coefficient (Wildman–Crippen LogP) is 3.97. The lowest BCUT2D eigenvalue weighted by Gasteiger charge is -2.09. The highest BCUT2D eigenvalue weighted by Gasteiger charge is 2.16. The SMILES string of the molecule is COc1ccc(Cl)cc1NC(=O)C(=O)N/N=C/c1ccccc1OC(=O)c1ccc(C)cc1. The van der Waals surface area contributed by atoms with Gasteiger partial charge in [-0.3, -0.25) is 9.59 Å². The molecule has 9 heteroatoms. The number of methoxy groups -OCH3 is 1. The van der Waals surface area contributed by atoms with Gasteiger partial charge in [0.1, 0.15) is 11.5 Å². The second kappa shape index (κ2) is 10.9. The van der Waals surface area contributed by atoms with Crippen LogP contribution in [0.3, 0.4) is 0 Å². The summed E-state index contributed by atoms with van der Waals surface area (Å²) in [4.78, 5) is 36.7. The first-order valence-corrected chi connectivity index (χ1v) is 10.1. The van der Waals surface area contributed by atoms with Gasteiger partial charge in [-0.15, -0.1) is 0 Å². The maximum absolute atomic E-state index is 12.4. The lowest BCUT2D eigenvalue weighted by Crippen LogP contribution is -2.32. The van der Waals surface area contributed by atoms with Crippen molar-refractivity contribution in [2.45, 2.75) is 6.92 Å². The minimum atomic E-state index is -1.01. The third kappa shape index (κ3) is 6.41. The van der Waals surface area contributed by atoms with Crippen molar-refractivity contribution in [1.29, 1.82) is 0 Å². The summed E-state index contributed by atoms with van der Waals surface area (Å²) in [5, 5.41) is 6.55. The van der Waals surface area contributed by atoms with Gasteiger partial charge < -0.3 is 14.8 Å². The van der Waals surface area contributed by atoms with Gasteiger partial charge in [-0.1, -0.05) is 41.4 Å².